The summed E-state index contributed by atoms with van der Waals surface area (Å²) in [6.45, 7) is 6.46. The molecule has 1 aliphatic heterocycles. The van der Waals surface area contributed by atoms with E-state index in [0.717, 1.165) is 4.90 Å². The van der Waals surface area contributed by atoms with E-state index in [1.165, 1.54) is 23.5 Å². The lowest BCUT2D eigenvalue weighted by Crippen LogP contribution is -2.42. The summed E-state index contributed by atoms with van der Waals surface area (Å²) in [5.41, 5.74) is 1.20. The van der Waals surface area contributed by atoms with Crippen LogP contribution in [-0.2, 0) is 11.0 Å². The van der Waals surface area contributed by atoms with Crippen LogP contribution in [0.3, 0.4) is 0 Å². The van der Waals surface area contributed by atoms with Gasteiger partial charge in [0.2, 0.25) is 0 Å². The maximum atomic E-state index is 12.5. The van der Waals surface area contributed by atoms with Crippen molar-refractivity contribution in [3.05, 3.63) is 29.8 Å². The van der Waals surface area contributed by atoms with Crippen LogP contribution < -0.4 is 4.72 Å². The van der Waals surface area contributed by atoms with Gasteiger partial charge in [0, 0.05) is 6.04 Å². The molecule has 0 saturated carbocycles. The van der Waals surface area contributed by atoms with Gasteiger partial charge in [-0.3, -0.25) is 0 Å². The number of thioether (sulfide) groups is 2. The van der Waals surface area contributed by atoms with Crippen molar-refractivity contribution in [2.24, 2.45) is 5.92 Å². The minimum Gasteiger partial charge on any atom is -0.237 e. The lowest BCUT2D eigenvalue weighted by atomic mass is 10.1. The molecule has 1 N–H and O–H groups in total. The van der Waals surface area contributed by atoms with Crippen LogP contribution in [0.25, 0.3) is 0 Å². The van der Waals surface area contributed by atoms with Gasteiger partial charge in [-0.15, -0.1) is 23.5 Å². The Morgan fingerprint density at radius 3 is 2.35 bits per heavy atom. The molecule has 0 aliphatic carbocycles. The van der Waals surface area contributed by atoms with Crippen molar-refractivity contribution < 1.29 is 4.21 Å². The molecule has 1 unspecified atom stereocenters. The topological polar surface area (TPSA) is 29.1 Å². The van der Waals surface area contributed by atoms with Crippen LogP contribution in [0.4, 0.5) is 0 Å². The minimum atomic E-state index is -1.12. The molecular formula is C15H23NOS3. The van der Waals surface area contributed by atoms with E-state index < -0.39 is 11.0 Å². The summed E-state index contributed by atoms with van der Waals surface area (Å²) < 4.78 is 16.4. The SMILES string of the molecule is Cc1ccc(S(=O)N[C@@H](C(C)C)C2SCCCS2)cc1. The van der Waals surface area contributed by atoms with E-state index in [1.54, 1.807) is 0 Å². The highest BCUT2D eigenvalue weighted by Crippen LogP contribution is 2.35. The first-order valence-electron chi connectivity index (χ1n) is 7.06. The van der Waals surface area contributed by atoms with Gasteiger partial charge in [-0.05, 0) is 42.9 Å². The summed E-state index contributed by atoms with van der Waals surface area (Å²) in [6.07, 6.45) is 1.29. The molecule has 1 saturated heterocycles. The van der Waals surface area contributed by atoms with E-state index in [-0.39, 0.29) is 6.04 Å². The molecule has 0 aromatic heterocycles. The highest BCUT2D eigenvalue weighted by molar-refractivity contribution is 8.17. The summed E-state index contributed by atoms with van der Waals surface area (Å²) in [5, 5.41) is 0. The maximum Gasteiger partial charge on any atom is 0.125 e. The Kier molecular flexibility index (Phi) is 6.46. The smallest absolute Gasteiger partial charge is 0.125 e. The molecule has 0 bridgehead atoms. The Labute approximate surface area is 133 Å². The molecule has 112 valence electrons. The molecule has 1 fully saturated rings. The minimum absolute atomic E-state index is 0.285. The van der Waals surface area contributed by atoms with Crippen LogP contribution in [-0.4, -0.2) is 26.3 Å². The Morgan fingerprint density at radius 1 is 1.20 bits per heavy atom. The molecule has 0 spiro atoms. The summed E-state index contributed by atoms with van der Waals surface area (Å²) in [5.74, 6) is 2.92. The highest BCUT2D eigenvalue weighted by Gasteiger charge is 2.28. The van der Waals surface area contributed by atoms with Crippen molar-refractivity contribution >= 4 is 34.5 Å². The molecule has 1 aliphatic rings. The standard InChI is InChI=1S/C15H23NOS3/c1-11(2)14(15-18-9-4-10-19-15)16-20(17)13-7-5-12(3)6-8-13/h5-8,11,14-16H,4,9-10H2,1-3H3/t14-,20?/m0/s1. The summed E-state index contributed by atoms with van der Waals surface area (Å²) >= 11 is 4.01. The molecule has 2 atom stereocenters. The maximum absolute atomic E-state index is 12.5. The van der Waals surface area contributed by atoms with Gasteiger partial charge in [-0.25, -0.2) is 8.93 Å². The summed E-state index contributed by atoms with van der Waals surface area (Å²) in [4.78, 5) is 0.868. The van der Waals surface area contributed by atoms with Gasteiger partial charge in [-0.2, -0.15) is 0 Å². The van der Waals surface area contributed by atoms with Crippen molar-refractivity contribution in [1.29, 1.82) is 0 Å². The first-order valence-corrected chi connectivity index (χ1v) is 10.3. The van der Waals surface area contributed by atoms with Crippen molar-refractivity contribution in [1.82, 2.24) is 4.72 Å². The van der Waals surface area contributed by atoms with Gasteiger partial charge in [0.15, 0.2) is 0 Å². The third kappa shape index (κ3) is 4.52. The van der Waals surface area contributed by atoms with E-state index in [4.69, 9.17) is 0 Å². The van der Waals surface area contributed by atoms with E-state index in [1.807, 2.05) is 54.7 Å². The van der Waals surface area contributed by atoms with Crippen LogP contribution in [0.1, 0.15) is 25.8 Å². The molecule has 2 nitrogen and oxygen atoms in total. The quantitative estimate of drug-likeness (QED) is 0.890. The predicted octanol–water partition coefficient (Wildman–Crippen LogP) is 3.83. The lowest BCUT2D eigenvalue weighted by Gasteiger charge is -2.32. The normalized spacial score (nSPS) is 20.0. The van der Waals surface area contributed by atoms with Gasteiger partial charge in [-0.1, -0.05) is 31.5 Å². The predicted molar refractivity (Wildman–Crippen MR) is 92.7 cm³/mol. The summed E-state index contributed by atoms with van der Waals surface area (Å²) in [7, 11) is -1.12. The van der Waals surface area contributed by atoms with E-state index >= 15 is 0 Å². The average molecular weight is 330 g/mol. The van der Waals surface area contributed by atoms with Crippen LogP contribution in [0.15, 0.2) is 29.2 Å². The zero-order chi connectivity index (χ0) is 14.5. The van der Waals surface area contributed by atoms with Gasteiger partial charge < -0.3 is 0 Å². The number of benzene rings is 1. The number of aryl methyl sites for hydroxylation is 1. The number of hydrogen-bond donors (Lipinski definition) is 1. The largest absolute Gasteiger partial charge is 0.237 e. The van der Waals surface area contributed by atoms with Gasteiger partial charge in [0.05, 0.1) is 9.48 Å². The van der Waals surface area contributed by atoms with Crippen LogP contribution in [0.5, 0.6) is 0 Å². The van der Waals surface area contributed by atoms with Crippen molar-refractivity contribution in [3.8, 4) is 0 Å². The first-order chi connectivity index (χ1) is 9.58. The monoisotopic (exact) mass is 329 g/mol. The Bertz CT molecular complexity index is 441. The second-order valence-electron chi connectivity index (χ2n) is 5.43. The Morgan fingerprint density at radius 2 is 1.80 bits per heavy atom. The second-order valence-corrected chi connectivity index (χ2v) is 9.47. The third-order valence-corrected chi connectivity index (χ3v) is 7.64. The number of rotatable bonds is 5. The van der Waals surface area contributed by atoms with E-state index in [2.05, 4.69) is 18.6 Å². The van der Waals surface area contributed by atoms with Crippen molar-refractivity contribution in [2.75, 3.05) is 11.5 Å². The van der Waals surface area contributed by atoms with Gasteiger partial charge in [0.1, 0.15) is 11.0 Å². The average Bonchev–Trinajstić information content (AvgIpc) is 2.46. The zero-order valence-corrected chi connectivity index (χ0v) is 14.7. The molecular weight excluding hydrogens is 306 g/mol. The van der Waals surface area contributed by atoms with E-state index in [9.17, 15) is 4.21 Å². The van der Waals surface area contributed by atoms with Crippen molar-refractivity contribution in [3.63, 3.8) is 0 Å². The second kappa shape index (κ2) is 7.87. The molecule has 1 aromatic rings. The highest BCUT2D eigenvalue weighted by atomic mass is 32.2. The molecule has 1 aromatic carbocycles. The molecule has 2 rings (SSSR count). The molecule has 5 heteroatoms. The number of nitrogens with one attached hydrogen (secondary N) is 1. The van der Waals surface area contributed by atoms with Crippen molar-refractivity contribution in [2.45, 2.75) is 42.7 Å². The number of hydrogen-bond acceptors (Lipinski definition) is 3. The first kappa shape index (κ1) is 16.4. The zero-order valence-electron chi connectivity index (χ0n) is 12.3. The Hall–Kier alpha value is 0.0300. The fraction of sp³-hybridized carbons (Fsp3) is 0.600. The fourth-order valence-corrected chi connectivity index (χ4v) is 6.83. The van der Waals surface area contributed by atoms with Crippen LogP contribution in [0, 0.1) is 12.8 Å². The van der Waals surface area contributed by atoms with Gasteiger partial charge in [0.25, 0.3) is 0 Å². The molecule has 0 radical (unpaired) electrons. The molecule has 0 amide bonds. The molecule has 20 heavy (non-hydrogen) atoms. The molecule has 1 heterocycles. The van der Waals surface area contributed by atoms with Crippen LogP contribution in [0.2, 0.25) is 0 Å². The van der Waals surface area contributed by atoms with Gasteiger partial charge >= 0.3 is 0 Å². The van der Waals surface area contributed by atoms with E-state index in [0.29, 0.717) is 10.5 Å². The van der Waals surface area contributed by atoms with Crippen LogP contribution >= 0.6 is 23.5 Å². The Balaban J connectivity index is 2.03. The fourth-order valence-electron chi connectivity index (χ4n) is 2.07. The third-order valence-electron chi connectivity index (χ3n) is 3.34. The summed E-state index contributed by atoms with van der Waals surface area (Å²) in [6, 6.07) is 8.23. The lowest BCUT2D eigenvalue weighted by molar-refractivity contribution is 0.487.